The van der Waals surface area contributed by atoms with Crippen molar-refractivity contribution in [3.63, 3.8) is 0 Å². The topological polar surface area (TPSA) is 71.1 Å². The van der Waals surface area contributed by atoms with Crippen molar-refractivity contribution in [1.82, 2.24) is 15.3 Å². The molecule has 176 valence electrons. The predicted octanol–water partition coefficient (Wildman–Crippen LogP) is 2.79. The van der Waals surface area contributed by atoms with E-state index in [4.69, 9.17) is 9.57 Å². The average molecular weight is 463 g/mol. The van der Waals surface area contributed by atoms with Gasteiger partial charge in [0, 0.05) is 38.2 Å². The normalized spacial score (nSPS) is 18.8. The van der Waals surface area contributed by atoms with E-state index in [0.717, 1.165) is 11.6 Å². The number of fused-ring (bicyclic) bond motifs is 1. The number of carbonyl (C=O) groups is 2. The zero-order valence-electron chi connectivity index (χ0n) is 17.8. The first-order valence-corrected chi connectivity index (χ1v) is 10.7. The van der Waals surface area contributed by atoms with Crippen molar-refractivity contribution in [1.29, 1.82) is 0 Å². The molecule has 2 amide bonds. The van der Waals surface area contributed by atoms with Gasteiger partial charge < -0.3 is 9.64 Å². The molecule has 4 rings (SSSR count). The molecule has 0 aromatic heterocycles. The minimum atomic E-state index is -1.27. The van der Waals surface area contributed by atoms with Crippen LogP contribution in [-0.2, 0) is 27.4 Å². The summed E-state index contributed by atoms with van der Waals surface area (Å²) in [5.74, 6) is -3.56. The van der Waals surface area contributed by atoms with Crippen molar-refractivity contribution >= 4 is 12.0 Å². The van der Waals surface area contributed by atoms with Gasteiger partial charge in [-0.15, -0.1) is 0 Å². The number of rotatable bonds is 8. The number of hydrogen-bond acceptors (Lipinski definition) is 5. The van der Waals surface area contributed by atoms with E-state index in [0.29, 0.717) is 25.7 Å². The number of benzene rings is 2. The van der Waals surface area contributed by atoms with Gasteiger partial charge in [-0.05, 0) is 23.6 Å². The minimum Gasteiger partial charge on any atom is -0.447 e. The summed E-state index contributed by atoms with van der Waals surface area (Å²) in [5, 5.41) is 0. The number of amides is 2. The van der Waals surface area contributed by atoms with Gasteiger partial charge in [0.15, 0.2) is 11.6 Å². The van der Waals surface area contributed by atoms with Crippen LogP contribution in [-0.4, -0.2) is 60.1 Å². The van der Waals surface area contributed by atoms with Gasteiger partial charge in [-0.3, -0.25) is 14.5 Å². The van der Waals surface area contributed by atoms with Crippen molar-refractivity contribution in [3.8, 4) is 0 Å². The summed E-state index contributed by atoms with van der Waals surface area (Å²) >= 11 is 0. The van der Waals surface area contributed by atoms with Crippen LogP contribution in [0, 0.1) is 17.5 Å². The number of cyclic esters (lactones) is 1. The van der Waals surface area contributed by atoms with Crippen molar-refractivity contribution in [3.05, 3.63) is 71.0 Å². The fraction of sp³-hybridized carbons (Fsp3) is 0.391. The van der Waals surface area contributed by atoms with Crippen molar-refractivity contribution < 1.29 is 32.3 Å². The van der Waals surface area contributed by atoms with Gasteiger partial charge in [0.2, 0.25) is 5.91 Å². The van der Waals surface area contributed by atoms with Gasteiger partial charge in [-0.1, -0.05) is 30.3 Å². The van der Waals surface area contributed by atoms with Gasteiger partial charge >= 0.3 is 6.09 Å². The molecule has 1 N–H and O–H groups in total. The van der Waals surface area contributed by atoms with Crippen LogP contribution in [0.2, 0.25) is 0 Å². The smallest absolute Gasteiger partial charge is 0.410 e. The number of ether oxygens (including phenoxy) is 1. The molecule has 1 unspecified atom stereocenters. The maximum atomic E-state index is 14.2. The maximum absolute atomic E-state index is 14.2. The van der Waals surface area contributed by atoms with Crippen LogP contribution in [0.5, 0.6) is 0 Å². The summed E-state index contributed by atoms with van der Waals surface area (Å²) in [7, 11) is 0. The second-order valence-corrected chi connectivity index (χ2v) is 8.12. The second kappa shape index (κ2) is 10.2. The molecule has 0 radical (unpaired) electrons. The lowest BCUT2D eigenvalue weighted by Crippen LogP contribution is -2.54. The number of nitrogens with one attached hydrogen (secondary N) is 1. The Labute approximate surface area is 189 Å². The highest BCUT2D eigenvalue weighted by Crippen LogP contribution is 2.20. The summed E-state index contributed by atoms with van der Waals surface area (Å²) in [6, 6.07) is 9.70. The lowest BCUT2D eigenvalue weighted by Gasteiger charge is -2.36. The van der Waals surface area contributed by atoms with E-state index in [-0.39, 0.29) is 49.7 Å². The summed E-state index contributed by atoms with van der Waals surface area (Å²) in [5.41, 5.74) is 3.60. The largest absolute Gasteiger partial charge is 0.447 e. The Kier molecular flexibility index (Phi) is 7.14. The molecule has 0 aliphatic carbocycles. The SMILES string of the molecule is O=C(C[C@@H](Cc1cc(F)c(F)cc1F)NOCc1ccccc1)N1CCN2C(=O)OCC2C1. The van der Waals surface area contributed by atoms with E-state index in [1.165, 1.54) is 0 Å². The number of carbonyl (C=O) groups excluding carboxylic acids is 2. The quantitative estimate of drug-likeness (QED) is 0.482. The molecule has 2 aliphatic heterocycles. The van der Waals surface area contributed by atoms with E-state index >= 15 is 0 Å². The number of piperazine rings is 1. The number of hydroxylamine groups is 1. The van der Waals surface area contributed by atoms with E-state index in [1.54, 1.807) is 9.80 Å². The van der Waals surface area contributed by atoms with E-state index < -0.39 is 23.5 Å². The molecule has 0 saturated carbocycles. The molecule has 2 aromatic rings. The summed E-state index contributed by atoms with van der Waals surface area (Å²) in [6.45, 7) is 1.48. The molecular weight excluding hydrogens is 439 g/mol. The first-order valence-electron chi connectivity index (χ1n) is 10.7. The Hall–Kier alpha value is -3.11. The van der Waals surface area contributed by atoms with Crippen molar-refractivity contribution in [2.75, 3.05) is 26.2 Å². The van der Waals surface area contributed by atoms with E-state index in [9.17, 15) is 22.8 Å². The van der Waals surface area contributed by atoms with E-state index in [1.807, 2.05) is 30.3 Å². The zero-order chi connectivity index (χ0) is 23.4. The lowest BCUT2D eigenvalue weighted by atomic mass is 10.0. The second-order valence-electron chi connectivity index (χ2n) is 8.12. The molecule has 2 fully saturated rings. The van der Waals surface area contributed by atoms with Crippen LogP contribution in [0.4, 0.5) is 18.0 Å². The van der Waals surface area contributed by atoms with Crippen LogP contribution < -0.4 is 5.48 Å². The molecule has 0 bridgehead atoms. The average Bonchev–Trinajstić information content (AvgIpc) is 3.18. The summed E-state index contributed by atoms with van der Waals surface area (Å²) in [4.78, 5) is 33.4. The van der Waals surface area contributed by atoms with Crippen molar-refractivity contribution in [2.45, 2.75) is 31.5 Å². The molecule has 7 nitrogen and oxygen atoms in total. The Morgan fingerprint density at radius 3 is 2.67 bits per heavy atom. The molecule has 2 heterocycles. The van der Waals surface area contributed by atoms with Crippen LogP contribution in [0.1, 0.15) is 17.5 Å². The molecule has 2 aliphatic rings. The third-order valence-corrected chi connectivity index (χ3v) is 5.78. The van der Waals surface area contributed by atoms with Gasteiger partial charge in [-0.2, -0.15) is 5.48 Å². The van der Waals surface area contributed by atoms with Gasteiger partial charge in [0.05, 0.1) is 12.6 Å². The first-order chi connectivity index (χ1) is 15.9. The Balaban J connectivity index is 1.42. The van der Waals surface area contributed by atoms with Crippen LogP contribution >= 0.6 is 0 Å². The Morgan fingerprint density at radius 2 is 1.88 bits per heavy atom. The number of nitrogens with zero attached hydrogens (tertiary/aromatic N) is 2. The highest BCUT2D eigenvalue weighted by Gasteiger charge is 2.39. The molecule has 2 aromatic carbocycles. The number of halogens is 3. The Morgan fingerprint density at radius 1 is 1.12 bits per heavy atom. The number of hydrogen-bond donors (Lipinski definition) is 1. The first kappa shape index (κ1) is 23.1. The lowest BCUT2D eigenvalue weighted by molar-refractivity contribution is -0.135. The van der Waals surface area contributed by atoms with Crippen LogP contribution in [0.3, 0.4) is 0 Å². The molecule has 0 spiro atoms. The molecular formula is C23H24F3N3O4. The van der Waals surface area contributed by atoms with Crippen LogP contribution in [0.15, 0.2) is 42.5 Å². The highest BCUT2D eigenvalue weighted by atomic mass is 19.2. The van der Waals surface area contributed by atoms with Crippen LogP contribution in [0.25, 0.3) is 0 Å². The fourth-order valence-corrected chi connectivity index (χ4v) is 4.01. The van der Waals surface area contributed by atoms with Crippen molar-refractivity contribution in [2.24, 2.45) is 0 Å². The maximum Gasteiger partial charge on any atom is 0.410 e. The summed E-state index contributed by atoms with van der Waals surface area (Å²) in [6.07, 6.45) is -0.529. The highest BCUT2D eigenvalue weighted by molar-refractivity contribution is 5.78. The predicted molar refractivity (Wildman–Crippen MR) is 111 cm³/mol. The standard InChI is InChI=1S/C23H24F3N3O4/c24-19-11-21(26)20(25)9-16(19)8-17(27-33-13-15-4-2-1-3-5-15)10-22(30)28-6-7-29-18(12-28)14-32-23(29)31/h1-5,9,11,17-18,27H,6-8,10,12-14H2/t17-,18?/m1/s1. The summed E-state index contributed by atoms with van der Waals surface area (Å²) < 4.78 is 46.3. The van der Waals surface area contributed by atoms with E-state index in [2.05, 4.69) is 5.48 Å². The third kappa shape index (κ3) is 5.63. The van der Waals surface area contributed by atoms with Gasteiger partial charge in [0.25, 0.3) is 0 Å². The Bertz CT molecular complexity index is 1010. The zero-order valence-corrected chi connectivity index (χ0v) is 17.8. The third-order valence-electron chi connectivity index (χ3n) is 5.78. The minimum absolute atomic E-state index is 0.0608. The van der Waals surface area contributed by atoms with Gasteiger partial charge in [0.1, 0.15) is 12.4 Å². The fourth-order valence-electron chi connectivity index (χ4n) is 4.01. The monoisotopic (exact) mass is 463 g/mol. The molecule has 10 heteroatoms. The molecule has 2 saturated heterocycles. The molecule has 33 heavy (non-hydrogen) atoms. The molecule has 2 atom stereocenters. The van der Waals surface area contributed by atoms with Gasteiger partial charge in [-0.25, -0.2) is 18.0 Å².